The molecule has 7 nitrogen and oxygen atoms in total. The molecule has 0 unspecified atom stereocenters. The molecule has 0 fully saturated rings. The number of carbonyl (C=O) groups is 1. The molecule has 1 atom stereocenters. The third-order valence-corrected chi connectivity index (χ3v) is 5.60. The molecular formula is C18H20N4O3S. The van der Waals surface area contributed by atoms with Crippen LogP contribution in [0.5, 0.6) is 0 Å². The van der Waals surface area contributed by atoms with Crippen LogP contribution in [0.15, 0.2) is 53.6 Å². The van der Waals surface area contributed by atoms with Gasteiger partial charge < -0.3 is 0 Å². The third kappa shape index (κ3) is 3.51. The van der Waals surface area contributed by atoms with Crippen molar-refractivity contribution in [1.82, 2.24) is 19.3 Å². The Labute approximate surface area is 152 Å². The van der Waals surface area contributed by atoms with E-state index in [2.05, 4.69) is 14.9 Å². The normalized spacial score (nSPS) is 13.2. The Hall–Kier alpha value is -2.58. The summed E-state index contributed by atoms with van der Waals surface area (Å²) >= 11 is 0. The zero-order valence-electron chi connectivity index (χ0n) is 14.7. The van der Waals surface area contributed by atoms with Crippen LogP contribution in [-0.4, -0.2) is 28.8 Å². The van der Waals surface area contributed by atoms with Gasteiger partial charge in [-0.3, -0.25) is 9.20 Å². The molecule has 26 heavy (non-hydrogen) atoms. The molecule has 0 aliphatic rings. The second-order valence-electron chi connectivity index (χ2n) is 6.41. The number of hydrogen-bond donors (Lipinski definition) is 1. The lowest BCUT2D eigenvalue weighted by atomic mass is 10.1. The van der Waals surface area contributed by atoms with Crippen molar-refractivity contribution in [3.63, 3.8) is 0 Å². The summed E-state index contributed by atoms with van der Waals surface area (Å²) in [6, 6.07) is 10.8. The molecule has 0 aliphatic carbocycles. The fraction of sp³-hybridized carbons (Fsp3) is 0.278. The number of nitrogens with one attached hydrogen (secondary N) is 1. The number of rotatable bonds is 6. The minimum atomic E-state index is -3.78. The van der Waals surface area contributed by atoms with Gasteiger partial charge in [0.15, 0.2) is 17.3 Å². The Kier molecular flexibility index (Phi) is 4.88. The first-order valence-corrected chi connectivity index (χ1v) is 9.71. The van der Waals surface area contributed by atoms with Crippen LogP contribution in [0.4, 0.5) is 0 Å². The minimum absolute atomic E-state index is 0.0473. The van der Waals surface area contributed by atoms with Gasteiger partial charge >= 0.3 is 0 Å². The maximum absolute atomic E-state index is 12.8. The predicted molar refractivity (Wildman–Crippen MR) is 97.3 cm³/mol. The standard InChI is InChI=1S/C18H20N4O3S/c1-12(2)17(18-20-19-16-6-4-5-11-22(16)18)21-26(24,25)15-9-7-14(8-10-15)13(3)23/h4-12,17,21H,1-3H3/t17-/m0/s1. The number of nitrogens with zero attached hydrogens (tertiary/aromatic N) is 3. The summed E-state index contributed by atoms with van der Waals surface area (Å²) < 4.78 is 30.1. The van der Waals surface area contributed by atoms with E-state index < -0.39 is 16.1 Å². The van der Waals surface area contributed by atoms with Gasteiger partial charge in [-0.15, -0.1) is 10.2 Å². The monoisotopic (exact) mass is 372 g/mol. The Morgan fingerprint density at radius 1 is 1.08 bits per heavy atom. The smallest absolute Gasteiger partial charge is 0.241 e. The van der Waals surface area contributed by atoms with E-state index in [9.17, 15) is 13.2 Å². The van der Waals surface area contributed by atoms with E-state index >= 15 is 0 Å². The van der Waals surface area contributed by atoms with Crippen LogP contribution in [0.2, 0.25) is 0 Å². The molecule has 1 N–H and O–H groups in total. The van der Waals surface area contributed by atoms with Gasteiger partial charge in [0, 0.05) is 11.8 Å². The molecule has 0 radical (unpaired) electrons. The maximum atomic E-state index is 12.8. The van der Waals surface area contributed by atoms with Gasteiger partial charge in [-0.05, 0) is 37.1 Å². The van der Waals surface area contributed by atoms with Crippen molar-refractivity contribution < 1.29 is 13.2 Å². The lowest BCUT2D eigenvalue weighted by molar-refractivity contribution is 0.101. The molecule has 2 aromatic heterocycles. The van der Waals surface area contributed by atoms with Crippen LogP contribution in [-0.2, 0) is 10.0 Å². The topological polar surface area (TPSA) is 93.4 Å². The number of carbonyl (C=O) groups excluding carboxylic acids is 1. The number of benzene rings is 1. The van der Waals surface area contributed by atoms with Gasteiger partial charge in [0.2, 0.25) is 10.0 Å². The average Bonchev–Trinajstić information content (AvgIpc) is 3.03. The summed E-state index contributed by atoms with van der Waals surface area (Å²) in [4.78, 5) is 11.5. The third-order valence-electron chi connectivity index (χ3n) is 4.14. The first-order valence-electron chi connectivity index (χ1n) is 8.22. The van der Waals surface area contributed by atoms with Gasteiger partial charge in [-0.25, -0.2) is 13.1 Å². The molecule has 0 aliphatic heterocycles. The van der Waals surface area contributed by atoms with Crippen molar-refractivity contribution in [2.24, 2.45) is 5.92 Å². The Morgan fingerprint density at radius 2 is 1.77 bits per heavy atom. The SMILES string of the molecule is CC(=O)c1ccc(S(=O)(=O)N[C@H](c2nnc3ccccn23)C(C)C)cc1. The van der Waals surface area contributed by atoms with E-state index in [-0.39, 0.29) is 16.6 Å². The van der Waals surface area contributed by atoms with Crippen molar-refractivity contribution in [2.45, 2.75) is 31.7 Å². The van der Waals surface area contributed by atoms with Gasteiger partial charge in [-0.2, -0.15) is 0 Å². The first-order chi connectivity index (χ1) is 12.3. The van der Waals surface area contributed by atoms with Gasteiger partial charge in [0.05, 0.1) is 10.9 Å². The highest BCUT2D eigenvalue weighted by atomic mass is 32.2. The summed E-state index contributed by atoms with van der Waals surface area (Å²) in [5, 5.41) is 8.27. The fourth-order valence-electron chi connectivity index (χ4n) is 2.66. The largest absolute Gasteiger partial charge is 0.295 e. The van der Waals surface area contributed by atoms with Crippen molar-refractivity contribution in [1.29, 1.82) is 0 Å². The zero-order valence-corrected chi connectivity index (χ0v) is 15.6. The predicted octanol–water partition coefficient (Wildman–Crippen LogP) is 2.61. The summed E-state index contributed by atoms with van der Waals surface area (Å²) in [7, 11) is -3.78. The summed E-state index contributed by atoms with van der Waals surface area (Å²) in [6.07, 6.45) is 1.80. The van der Waals surface area contributed by atoms with Crippen LogP contribution >= 0.6 is 0 Å². The van der Waals surface area contributed by atoms with Crippen molar-refractivity contribution in [3.05, 3.63) is 60.0 Å². The second-order valence-corrected chi connectivity index (χ2v) is 8.12. The zero-order chi connectivity index (χ0) is 18.9. The van der Waals surface area contributed by atoms with Gasteiger partial charge in [0.1, 0.15) is 0 Å². The highest BCUT2D eigenvalue weighted by Crippen LogP contribution is 2.24. The van der Waals surface area contributed by atoms with Crippen LogP contribution in [0.3, 0.4) is 0 Å². The number of sulfonamides is 1. The molecule has 2 heterocycles. The molecule has 0 amide bonds. The molecule has 0 spiro atoms. The highest BCUT2D eigenvalue weighted by Gasteiger charge is 2.27. The molecule has 1 aromatic carbocycles. The Balaban J connectivity index is 1.96. The highest BCUT2D eigenvalue weighted by molar-refractivity contribution is 7.89. The van der Waals surface area contributed by atoms with E-state index in [1.807, 2.05) is 32.0 Å². The number of fused-ring (bicyclic) bond motifs is 1. The molecule has 0 saturated heterocycles. The van der Waals surface area contributed by atoms with Gasteiger partial charge in [-0.1, -0.05) is 32.0 Å². The van der Waals surface area contributed by atoms with E-state index in [1.54, 1.807) is 10.6 Å². The van der Waals surface area contributed by atoms with Crippen LogP contribution in [0.1, 0.15) is 43.0 Å². The number of aromatic nitrogens is 3. The fourth-order valence-corrected chi connectivity index (χ4v) is 4.01. The van der Waals surface area contributed by atoms with E-state index in [0.717, 1.165) is 0 Å². The van der Waals surface area contributed by atoms with E-state index in [4.69, 9.17) is 0 Å². The summed E-state index contributed by atoms with van der Waals surface area (Å²) in [6.45, 7) is 5.26. The molecule has 0 bridgehead atoms. The summed E-state index contributed by atoms with van der Waals surface area (Å²) in [5.41, 5.74) is 1.12. The molecule has 3 aromatic rings. The quantitative estimate of drug-likeness (QED) is 0.671. The number of ketones is 1. The van der Waals surface area contributed by atoms with Crippen molar-refractivity contribution >= 4 is 21.5 Å². The van der Waals surface area contributed by atoms with E-state index in [1.165, 1.54) is 31.2 Å². The van der Waals surface area contributed by atoms with Crippen LogP contribution in [0, 0.1) is 5.92 Å². The molecule has 136 valence electrons. The molecule has 0 saturated carbocycles. The first kappa shape index (κ1) is 18.2. The molecule has 3 rings (SSSR count). The van der Waals surface area contributed by atoms with E-state index in [0.29, 0.717) is 17.0 Å². The number of Topliss-reactive ketones (excluding diaryl/α,β-unsaturated/α-hetero) is 1. The van der Waals surface area contributed by atoms with Crippen LogP contribution in [0.25, 0.3) is 5.65 Å². The number of hydrogen-bond acceptors (Lipinski definition) is 5. The number of pyridine rings is 1. The lowest BCUT2D eigenvalue weighted by Gasteiger charge is -2.21. The lowest BCUT2D eigenvalue weighted by Crippen LogP contribution is -2.33. The Bertz CT molecular complexity index is 1040. The van der Waals surface area contributed by atoms with Crippen molar-refractivity contribution in [3.8, 4) is 0 Å². The second kappa shape index (κ2) is 6.97. The molecule has 8 heteroatoms. The van der Waals surface area contributed by atoms with Crippen LogP contribution < -0.4 is 4.72 Å². The minimum Gasteiger partial charge on any atom is -0.295 e. The summed E-state index contributed by atoms with van der Waals surface area (Å²) in [5.74, 6) is 0.366. The Morgan fingerprint density at radius 3 is 2.38 bits per heavy atom. The van der Waals surface area contributed by atoms with Gasteiger partial charge in [0.25, 0.3) is 0 Å². The maximum Gasteiger partial charge on any atom is 0.241 e. The molecular weight excluding hydrogens is 352 g/mol. The van der Waals surface area contributed by atoms with Crippen molar-refractivity contribution in [2.75, 3.05) is 0 Å². The average molecular weight is 372 g/mol.